The highest BCUT2D eigenvalue weighted by molar-refractivity contribution is 5.90. The molecule has 0 unspecified atom stereocenters. The van der Waals surface area contributed by atoms with E-state index < -0.39 is 5.97 Å². The van der Waals surface area contributed by atoms with Crippen molar-refractivity contribution in [3.63, 3.8) is 0 Å². The summed E-state index contributed by atoms with van der Waals surface area (Å²) in [7, 11) is 0. The maximum Gasteiger partial charge on any atom is 0.303 e. The summed E-state index contributed by atoms with van der Waals surface area (Å²) in [5.41, 5.74) is 0.662. The van der Waals surface area contributed by atoms with Gasteiger partial charge in [-0.15, -0.1) is 0 Å². The molecule has 0 fully saturated rings. The predicted molar refractivity (Wildman–Crippen MR) is 76.9 cm³/mol. The van der Waals surface area contributed by atoms with E-state index in [0.717, 1.165) is 0 Å². The quantitative estimate of drug-likeness (QED) is 0.537. The number of hydrogen-bond acceptors (Lipinski definition) is 3. The van der Waals surface area contributed by atoms with E-state index in [-0.39, 0.29) is 12.3 Å². The maximum atomic E-state index is 11.7. The van der Waals surface area contributed by atoms with Crippen LogP contribution in [0.25, 0.3) is 0 Å². The zero-order valence-electron chi connectivity index (χ0n) is 11.3. The number of unbranched alkanes of at least 4 members (excludes halogenated alkanes) is 1. The molecule has 20 heavy (non-hydrogen) atoms. The van der Waals surface area contributed by atoms with Crippen molar-refractivity contribution in [2.24, 2.45) is 0 Å². The molecule has 1 aromatic carbocycles. The molecule has 2 N–H and O–H groups in total. The van der Waals surface area contributed by atoms with Crippen molar-refractivity contribution >= 4 is 17.6 Å². The fourth-order valence-electron chi connectivity index (χ4n) is 1.60. The number of aliphatic carboxylic acids is 1. The van der Waals surface area contributed by atoms with Crippen LogP contribution in [0.3, 0.4) is 0 Å². The van der Waals surface area contributed by atoms with Crippen molar-refractivity contribution in [1.29, 1.82) is 0 Å². The van der Waals surface area contributed by atoms with Crippen molar-refractivity contribution in [3.05, 3.63) is 36.9 Å². The predicted octanol–water partition coefficient (Wildman–Crippen LogP) is 2.83. The molecular formula is C15H19NO4. The first-order valence-corrected chi connectivity index (χ1v) is 6.47. The van der Waals surface area contributed by atoms with Crippen LogP contribution in [-0.2, 0) is 9.59 Å². The van der Waals surface area contributed by atoms with Gasteiger partial charge in [0, 0.05) is 24.6 Å². The zero-order chi connectivity index (χ0) is 14.8. The van der Waals surface area contributed by atoms with Gasteiger partial charge in [0.25, 0.3) is 0 Å². The molecule has 5 heteroatoms. The fraction of sp³-hybridized carbons (Fsp3) is 0.333. The van der Waals surface area contributed by atoms with E-state index in [0.29, 0.717) is 37.3 Å². The third-order valence-corrected chi connectivity index (χ3v) is 2.53. The smallest absolute Gasteiger partial charge is 0.303 e. The summed E-state index contributed by atoms with van der Waals surface area (Å²) in [6.07, 6.45) is 3.12. The molecule has 0 spiro atoms. The monoisotopic (exact) mass is 277 g/mol. The van der Waals surface area contributed by atoms with Gasteiger partial charge in [0.1, 0.15) is 12.4 Å². The number of anilines is 1. The Kier molecular flexibility index (Phi) is 6.89. The van der Waals surface area contributed by atoms with Gasteiger partial charge in [0.05, 0.1) is 0 Å². The van der Waals surface area contributed by atoms with Crippen LogP contribution in [0.15, 0.2) is 36.9 Å². The van der Waals surface area contributed by atoms with E-state index >= 15 is 0 Å². The molecule has 108 valence electrons. The molecule has 0 saturated carbocycles. The molecule has 0 aromatic heterocycles. The molecule has 0 radical (unpaired) electrons. The number of carboxylic acids is 1. The molecule has 0 aliphatic heterocycles. The molecule has 0 heterocycles. The Morgan fingerprint density at radius 1 is 1.30 bits per heavy atom. The average molecular weight is 277 g/mol. The van der Waals surface area contributed by atoms with Crippen molar-refractivity contribution in [3.8, 4) is 5.75 Å². The third kappa shape index (κ3) is 6.58. The Morgan fingerprint density at radius 3 is 2.75 bits per heavy atom. The molecule has 1 amide bonds. The molecule has 5 nitrogen and oxygen atoms in total. The molecule has 0 bridgehead atoms. The highest BCUT2D eigenvalue weighted by atomic mass is 16.5. The lowest BCUT2D eigenvalue weighted by Gasteiger charge is -2.08. The summed E-state index contributed by atoms with van der Waals surface area (Å²) in [5.74, 6) is -0.303. The number of amides is 1. The lowest BCUT2D eigenvalue weighted by Crippen LogP contribution is -2.11. The summed E-state index contributed by atoms with van der Waals surface area (Å²) in [6, 6.07) is 7.10. The topological polar surface area (TPSA) is 75.6 Å². The van der Waals surface area contributed by atoms with Crippen LogP contribution in [0.5, 0.6) is 5.75 Å². The van der Waals surface area contributed by atoms with E-state index in [2.05, 4.69) is 11.9 Å². The van der Waals surface area contributed by atoms with Crippen LogP contribution < -0.4 is 10.1 Å². The number of carbonyl (C=O) groups is 2. The summed E-state index contributed by atoms with van der Waals surface area (Å²) < 4.78 is 5.37. The highest BCUT2D eigenvalue weighted by Crippen LogP contribution is 2.17. The van der Waals surface area contributed by atoms with Crippen LogP contribution in [0.1, 0.15) is 25.7 Å². The number of hydrogen-bond donors (Lipinski definition) is 2. The minimum atomic E-state index is -0.836. The lowest BCUT2D eigenvalue weighted by atomic mass is 10.2. The maximum absolute atomic E-state index is 11.7. The number of nitrogens with one attached hydrogen (secondary N) is 1. The second-order valence-corrected chi connectivity index (χ2v) is 4.28. The average Bonchev–Trinajstić information content (AvgIpc) is 2.41. The largest absolute Gasteiger partial charge is 0.489 e. The van der Waals surface area contributed by atoms with E-state index in [4.69, 9.17) is 9.84 Å². The lowest BCUT2D eigenvalue weighted by molar-refractivity contribution is -0.137. The van der Waals surface area contributed by atoms with Gasteiger partial charge in [0.15, 0.2) is 0 Å². The standard InChI is InChI=1S/C15H19NO4/c1-2-10-20-13-7-5-6-12(11-13)16-14(17)8-3-4-9-15(18)19/h2,5-7,11H,1,3-4,8-10H2,(H,16,17)(H,18,19). The van der Waals surface area contributed by atoms with Crippen molar-refractivity contribution in [2.45, 2.75) is 25.7 Å². The van der Waals surface area contributed by atoms with Gasteiger partial charge < -0.3 is 15.2 Å². The van der Waals surface area contributed by atoms with Crippen LogP contribution in [-0.4, -0.2) is 23.6 Å². The molecule has 1 aromatic rings. The van der Waals surface area contributed by atoms with Crippen molar-refractivity contribution in [2.75, 3.05) is 11.9 Å². The van der Waals surface area contributed by atoms with Crippen LogP contribution in [0.2, 0.25) is 0 Å². The molecule has 0 aliphatic rings. The van der Waals surface area contributed by atoms with Crippen molar-refractivity contribution in [1.82, 2.24) is 0 Å². The van der Waals surface area contributed by atoms with Gasteiger partial charge in [-0.05, 0) is 25.0 Å². The van der Waals surface area contributed by atoms with Crippen LogP contribution in [0, 0.1) is 0 Å². The minimum Gasteiger partial charge on any atom is -0.489 e. The molecule has 0 atom stereocenters. The first-order valence-electron chi connectivity index (χ1n) is 6.47. The Hall–Kier alpha value is -2.30. The second-order valence-electron chi connectivity index (χ2n) is 4.28. The van der Waals surface area contributed by atoms with E-state index in [1.54, 1.807) is 30.3 Å². The van der Waals surface area contributed by atoms with Gasteiger partial charge in [0.2, 0.25) is 5.91 Å². The minimum absolute atomic E-state index is 0.0954. The van der Waals surface area contributed by atoms with Gasteiger partial charge in [-0.2, -0.15) is 0 Å². The highest BCUT2D eigenvalue weighted by Gasteiger charge is 2.04. The summed E-state index contributed by atoms with van der Waals surface area (Å²) in [6.45, 7) is 3.97. The molecule has 0 aliphatic carbocycles. The Balaban J connectivity index is 2.37. The Bertz CT molecular complexity index is 471. The number of benzene rings is 1. The van der Waals surface area contributed by atoms with E-state index in [9.17, 15) is 9.59 Å². The van der Waals surface area contributed by atoms with Crippen LogP contribution in [0.4, 0.5) is 5.69 Å². The third-order valence-electron chi connectivity index (χ3n) is 2.53. The fourth-order valence-corrected chi connectivity index (χ4v) is 1.60. The number of ether oxygens (including phenoxy) is 1. The van der Waals surface area contributed by atoms with Gasteiger partial charge >= 0.3 is 5.97 Å². The number of carbonyl (C=O) groups excluding carboxylic acids is 1. The first-order chi connectivity index (χ1) is 9.61. The first kappa shape index (κ1) is 15.8. The molecular weight excluding hydrogens is 258 g/mol. The molecule has 0 saturated heterocycles. The zero-order valence-corrected chi connectivity index (χ0v) is 11.3. The molecule has 1 rings (SSSR count). The van der Waals surface area contributed by atoms with Gasteiger partial charge in [-0.3, -0.25) is 9.59 Å². The van der Waals surface area contributed by atoms with Crippen LogP contribution >= 0.6 is 0 Å². The SMILES string of the molecule is C=CCOc1cccc(NC(=O)CCCCC(=O)O)c1. The summed E-state index contributed by atoms with van der Waals surface area (Å²) >= 11 is 0. The Morgan fingerprint density at radius 2 is 2.05 bits per heavy atom. The summed E-state index contributed by atoms with van der Waals surface area (Å²) in [4.78, 5) is 22.0. The van der Waals surface area contributed by atoms with E-state index in [1.807, 2.05) is 0 Å². The normalized spacial score (nSPS) is 9.80. The number of carboxylic acid groups (broad SMARTS) is 1. The Labute approximate surface area is 118 Å². The van der Waals surface area contributed by atoms with E-state index in [1.165, 1.54) is 0 Å². The van der Waals surface area contributed by atoms with Gasteiger partial charge in [-0.1, -0.05) is 18.7 Å². The van der Waals surface area contributed by atoms with Crippen molar-refractivity contribution < 1.29 is 19.4 Å². The van der Waals surface area contributed by atoms with Gasteiger partial charge in [-0.25, -0.2) is 0 Å². The second kappa shape index (κ2) is 8.74. The number of rotatable bonds is 9. The summed E-state index contributed by atoms with van der Waals surface area (Å²) in [5, 5.41) is 11.2.